The van der Waals surface area contributed by atoms with Gasteiger partial charge in [0.25, 0.3) is 0 Å². The molecular formula is C21H26N6S. The smallest absolute Gasteiger partial charge is 0.155 e. The number of pyridine rings is 1. The van der Waals surface area contributed by atoms with Gasteiger partial charge in [-0.1, -0.05) is 12.1 Å². The molecule has 4 aromatic rings. The average Bonchev–Trinajstić information content (AvgIpc) is 3.39. The Kier molecular flexibility index (Phi) is 5.54. The Bertz CT molecular complexity index is 1040. The van der Waals surface area contributed by atoms with E-state index in [0.717, 1.165) is 61.0 Å². The molecule has 0 aliphatic heterocycles. The fourth-order valence-electron chi connectivity index (χ4n) is 3.36. The number of rotatable bonds is 8. The van der Waals surface area contributed by atoms with Crippen molar-refractivity contribution in [1.29, 1.82) is 0 Å². The molecule has 0 fully saturated rings. The zero-order chi connectivity index (χ0) is 19.5. The molecule has 0 radical (unpaired) electrons. The lowest BCUT2D eigenvalue weighted by Gasteiger charge is -2.11. The van der Waals surface area contributed by atoms with Crippen molar-refractivity contribution in [3.8, 4) is 10.6 Å². The number of fused-ring (bicyclic) bond motifs is 1. The summed E-state index contributed by atoms with van der Waals surface area (Å²) in [4.78, 5) is 13.0. The molecular weight excluding hydrogens is 368 g/mol. The Labute approximate surface area is 169 Å². The minimum atomic E-state index is 0.787. The quantitative estimate of drug-likeness (QED) is 0.457. The number of hydrogen-bond acceptors (Lipinski definition) is 5. The van der Waals surface area contributed by atoms with Gasteiger partial charge in [-0.3, -0.25) is 0 Å². The number of thiophene rings is 1. The fraction of sp³-hybridized carbons (Fsp3) is 0.381. The number of nitrogens with zero attached hydrogens (tertiary/aromatic N) is 6. The average molecular weight is 395 g/mol. The Morgan fingerprint density at radius 2 is 1.96 bits per heavy atom. The zero-order valence-corrected chi connectivity index (χ0v) is 17.5. The lowest BCUT2D eigenvalue weighted by Crippen LogP contribution is -2.15. The van der Waals surface area contributed by atoms with E-state index in [2.05, 4.69) is 70.3 Å². The molecule has 0 saturated heterocycles. The number of imidazole rings is 1. The van der Waals surface area contributed by atoms with Gasteiger partial charge in [-0.25, -0.2) is 14.5 Å². The highest BCUT2D eigenvalue weighted by Gasteiger charge is 2.13. The van der Waals surface area contributed by atoms with E-state index < -0.39 is 0 Å². The number of aryl methyl sites for hydroxylation is 4. The highest BCUT2D eigenvalue weighted by atomic mass is 32.1. The molecule has 0 N–H and O–H groups in total. The molecule has 7 heteroatoms. The Morgan fingerprint density at radius 3 is 2.71 bits per heavy atom. The van der Waals surface area contributed by atoms with Crippen molar-refractivity contribution < 1.29 is 0 Å². The van der Waals surface area contributed by atoms with Crippen LogP contribution in [0.1, 0.15) is 23.8 Å². The van der Waals surface area contributed by atoms with Gasteiger partial charge in [-0.2, -0.15) is 5.10 Å². The van der Waals surface area contributed by atoms with E-state index in [0.29, 0.717) is 0 Å². The third-order valence-corrected chi connectivity index (χ3v) is 5.69. The van der Waals surface area contributed by atoms with E-state index in [4.69, 9.17) is 4.98 Å². The van der Waals surface area contributed by atoms with Crippen LogP contribution < -0.4 is 0 Å². The molecule has 0 saturated carbocycles. The van der Waals surface area contributed by atoms with E-state index in [1.807, 2.05) is 16.6 Å². The molecule has 28 heavy (non-hydrogen) atoms. The maximum Gasteiger partial charge on any atom is 0.155 e. The van der Waals surface area contributed by atoms with Crippen LogP contribution in [-0.2, 0) is 19.4 Å². The highest BCUT2D eigenvalue weighted by molar-refractivity contribution is 7.13. The van der Waals surface area contributed by atoms with Crippen molar-refractivity contribution in [3.63, 3.8) is 0 Å². The molecule has 0 amide bonds. The second-order valence-electron chi connectivity index (χ2n) is 7.34. The lowest BCUT2D eigenvalue weighted by atomic mass is 10.3. The highest BCUT2D eigenvalue weighted by Crippen LogP contribution is 2.24. The summed E-state index contributed by atoms with van der Waals surface area (Å²) in [6, 6.07) is 10.3. The van der Waals surface area contributed by atoms with Gasteiger partial charge in [0.15, 0.2) is 11.5 Å². The summed E-state index contributed by atoms with van der Waals surface area (Å²) < 4.78 is 4.22. The first-order chi connectivity index (χ1) is 13.6. The van der Waals surface area contributed by atoms with Crippen molar-refractivity contribution in [2.75, 3.05) is 20.6 Å². The van der Waals surface area contributed by atoms with Gasteiger partial charge in [-0.05, 0) is 57.6 Å². The van der Waals surface area contributed by atoms with E-state index in [-0.39, 0.29) is 0 Å². The minimum Gasteiger partial charge on any atom is -0.334 e. The maximum absolute atomic E-state index is 4.93. The first kappa shape index (κ1) is 18.8. The van der Waals surface area contributed by atoms with Gasteiger partial charge in [0.05, 0.1) is 10.6 Å². The van der Waals surface area contributed by atoms with Crippen LogP contribution in [0.3, 0.4) is 0 Å². The second-order valence-corrected chi connectivity index (χ2v) is 8.28. The molecule has 0 aliphatic rings. The Balaban J connectivity index is 1.53. The van der Waals surface area contributed by atoms with Crippen molar-refractivity contribution in [2.45, 2.75) is 32.7 Å². The van der Waals surface area contributed by atoms with Crippen LogP contribution in [0.2, 0.25) is 0 Å². The summed E-state index contributed by atoms with van der Waals surface area (Å²) in [5, 5.41) is 6.76. The van der Waals surface area contributed by atoms with Crippen molar-refractivity contribution in [2.24, 2.45) is 0 Å². The van der Waals surface area contributed by atoms with Crippen molar-refractivity contribution in [3.05, 3.63) is 59.3 Å². The van der Waals surface area contributed by atoms with Crippen LogP contribution in [0, 0.1) is 6.92 Å². The molecule has 4 rings (SSSR count). The third-order valence-electron chi connectivity index (χ3n) is 4.80. The van der Waals surface area contributed by atoms with Crippen molar-refractivity contribution in [1.82, 2.24) is 29.0 Å². The van der Waals surface area contributed by atoms with E-state index in [1.54, 1.807) is 11.3 Å². The third kappa shape index (κ3) is 4.15. The van der Waals surface area contributed by atoms with Gasteiger partial charge in [0.1, 0.15) is 5.82 Å². The molecule has 0 aliphatic carbocycles. The van der Waals surface area contributed by atoms with Gasteiger partial charge < -0.3 is 9.47 Å². The molecule has 4 heterocycles. The van der Waals surface area contributed by atoms with Gasteiger partial charge in [-0.15, -0.1) is 11.3 Å². The normalized spacial score (nSPS) is 11.7. The zero-order valence-electron chi connectivity index (χ0n) is 16.7. The molecule has 0 aromatic carbocycles. The monoisotopic (exact) mass is 394 g/mol. The minimum absolute atomic E-state index is 0.787. The van der Waals surface area contributed by atoms with Gasteiger partial charge in [0.2, 0.25) is 0 Å². The Hall–Kier alpha value is -2.51. The summed E-state index contributed by atoms with van der Waals surface area (Å²) in [5.74, 6) is 1.98. The van der Waals surface area contributed by atoms with Crippen LogP contribution >= 0.6 is 11.3 Å². The number of aromatic nitrogens is 5. The topological polar surface area (TPSA) is 51.2 Å². The predicted octanol–water partition coefficient (Wildman–Crippen LogP) is 3.70. The Morgan fingerprint density at radius 1 is 1.07 bits per heavy atom. The van der Waals surface area contributed by atoms with E-state index >= 15 is 0 Å². The molecule has 6 nitrogen and oxygen atoms in total. The molecule has 0 spiro atoms. The first-order valence-corrected chi connectivity index (χ1v) is 10.5. The molecule has 0 bridgehead atoms. The van der Waals surface area contributed by atoms with Crippen LogP contribution in [0.5, 0.6) is 0 Å². The molecule has 4 aromatic heterocycles. The molecule has 0 unspecified atom stereocenters. The summed E-state index contributed by atoms with van der Waals surface area (Å²) in [6.07, 6.45) is 4.92. The van der Waals surface area contributed by atoms with Crippen molar-refractivity contribution >= 4 is 17.0 Å². The first-order valence-electron chi connectivity index (χ1n) is 9.66. The van der Waals surface area contributed by atoms with E-state index in [1.165, 1.54) is 4.88 Å². The van der Waals surface area contributed by atoms with Crippen LogP contribution in [0.25, 0.3) is 16.2 Å². The predicted molar refractivity (Wildman–Crippen MR) is 114 cm³/mol. The van der Waals surface area contributed by atoms with Gasteiger partial charge in [0, 0.05) is 31.3 Å². The van der Waals surface area contributed by atoms with Gasteiger partial charge >= 0.3 is 0 Å². The molecule has 0 atom stereocenters. The number of hydrogen-bond donors (Lipinski definition) is 0. The second kappa shape index (κ2) is 8.24. The summed E-state index contributed by atoms with van der Waals surface area (Å²) in [6.45, 7) is 4.10. The standard InChI is InChI=1S/C21H26N6S/c1-16-7-4-9-21-23-19(24-27(16)21)10-11-20-22-17(18-8-5-14-28-18)15-26(20)13-6-12-25(2)3/h4-5,7-9,14-15H,6,10-13H2,1-3H3. The van der Waals surface area contributed by atoms with Crippen LogP contribution in [-0.4, -0.2) is 49.7 Å². The fourth-order valence-corrected chi connectivity index (χ4v) is 4.04. The summed E-state index contributed by atoms with van der Waals surface area (Å²) in [5.41, 5.74) is 3.07. The van der Waals surface area contributed by atoms with Crippen LogP contribution in [0.4, 0.5) is 0 Å². The van der Waals surface area contributed by atoms with Crippen LogP contribution in [0.15, 0.2) is 41.9 Å². The molecule has 146 valence electrons. The lowest BCUT2D eigenvalue weighted by molar-refractivity contribution is 0.384. The summed E-state index contributed by atoms with van der Waals surface area (Å²) in [7, 11) is 4.23. The maximum atomic E-state index is 4.93. The largest absolute Gasteiger partial charge is 0.334 e. The summed E-state index contributed by atoms with van der Waals surface area (Å²) >= 11 is 1.73. The SMILES string of the molecule is Cc1cccc2nc(CCc3nc(-c4cccs4)cn3CCCN(C)C)nn12. The van der Waals surface area contributed by atoms with E-state index in [9.17, 15) is 0 Å².